The minimum absolute atomic E-state index is 0.508. The molecule has 0 heterocycles. The second-order valence-electron chi connectivity index (χ2n) is 7.02. The zero-order valence-corrected chi connectivity index (χ0v) is 20.3. The summed E-state index contributed by atoms with van der Waals surface area (Å²) in [4.78, 5) is 4.71. The van der Waals surface area contributed by atoms with E-state index in [0.717, 1.165) is 12.8 Å². The van der Waals surface area contributed by atoms with Crippen molar-refractivity contribution in [3.05, 3.63) is 59.7 Å². The van der Waals surface area contributed by atoms with E-state index in [1.54, 1.807) is 8.92 Å². The Kier molecular flexibility index (Phi) is 8.90. The Morgan fingerprint density at radius 2 is 1.00 bits per heavy atom. The van der Waals surface area contributed by atoms with Gasteiger partial charge in [-0.25, -0.2) is 0 Å². The third-order valence-corrected chi connectivity index (χ3v) is 12.1. The molecule has 0 aliphatic carbocycles. The second-order valence-corrected chi connectivity index (χ2v) is 13.2. The van der Waals surface area contributed by atoms with Crippen molar-refractivity contribution in [3.63, 3.8) is 0 Å². The molecule has 4 heteroatoms. The van der Waals surface area contributed by atoms with Gasteiger partial charge in [0.15, 0.2) is 0 Å². The van der Waals surface area contributed by atoms with Gasteiger partial charge in [0.1, 0.15) is 0 Å². The first kappa shape index (κ1) is 21.7. The molecule has 0 aromatic heterocycles. The molecular weight excluding hydrogens is 450 g/mol. The fraction of sp³-hybridized carbons (Fsp3) is 0.455. The Bertz CT molecular complexity index is 626. The molecule has 0 amide bonds. The predicted octanol–water partition coefficient (Wildman–Crippen LogP) is 2.99. The van der Waals surface area contributed by atoms with Crippen LogP contribution in [0.2, 0.25) is 0 Å². The second kappa shape index (κ2) is 10.7. The van der Waals surface area contributed by atoms with Gasteiger partial charge in [-0.3, -0.25) is 0 Å². The number of hydrogen-bond acceptors (Lipinski definition) is 2. The van der Waals surface area contributed by atoms with E-state index in [4.69, 9.17) is 0 Å². The van der Waals surface area contributed by atoms with Crippen LogP contribution in [0.4, 0.5) is 0 Å². The average Bonchev–Trinajstić information content (AvgIpc) is 2.62. The number of hydrogen-bond donors (Lipinski definition) is 0. The van der Waals surface area contributed by atoms with Gasteiger partial charge in [0.05, 0.1) is 0 Å². The molecule has 2 rings (SSSR count). The standard InChI is InChI=1S/C22H32N2Se2/c1-7-19(23(3)4)17-13-9-11-15-21(17)25-26-22-16-12-10-14-18(22)20(8-2)24(5)6/h9-16,19-20H,7-8H2,1-6H3/t19-,20-/m1/s1. The van der Waals surface area contributed by atoms with Crippen molar-refractivity contribution in [1.29, 1.82) is 0 Å². The van der Waals surface area contributed by atoms with Crippen molar-refractivity contribution in [3.8, 4) is 0 Å². The Balaban J connectivity index is 2.26. The van der Waals surface area contributed by atoms with Gasteiger partial charge in [0, 0.05) is 0 Å². The van der Waals surface area contributed by atoms with E-state index in [1.807, 2.05) is 0 Å². The first-order valence-corrected chi connectivity index (χ1v) is 15.4. The molecule has 2 aromatic rings. The summed E-state index contributed by atoms with van der Waals surface area (Å²) in [7, 11) is 8.78. The Morgan fingerprint density at radius 1 is 0.654 bits per heavy atom. The summed E-state index contributed by atoms with van der Waals surface area (Å²) in [5.41, 5.74) is 3.05. The van der Waals surface area contributed by atoms with Crippen molar-refractivity contribution >= 4 is 35.2 Å². The van der Waals surface area contributed by atoms with Crippen LogP contribution in [-0.2, 0) is 0 Å². The zero-order valence-electron chi connectivity index (χ0n) is 16.9. The quantitative estimate of drug-likeness (QED) is 0.508. The summed E-state index contributed by atoms with van der Waals surface area (Å²) in [6.07, 6.45) is 2.31. The topological polar surface area (TPSA) is 6.48 Å². The molecule has 2 aromatic carbocycles. The fourth-order valence-corrected chi connectivity index (χ4v) is 10.9. The number of rotatable bonds is 9. The first-order valence-electron chi connectivity index (χ1n) is 9.34. The molecule has 0 bridgehead atoms. The van der Waals surface area contributed by atoms with Crippen molar-refractivity contribution in [2.45, 2.75) is 38.8 Å². The van der Waals surface area contributed by atoms with E-state index in [0.29, 0.717) is 38.3 Å². The van der Waals surface area contributed by atoms with Crippen molar-refractivity contribution in [2.24, 2.45) is 0 Å². The van der Waals surface area contributed by atoms with Gasteiger partial charge in [-0.1, -0.05) is 0 Å². The monoisotopic (exact) mass is 484 g/mol. The Hall–Kier alpha value is -0.601. The van der Waals surface area contributed by atoms with Gasteiger partial charge in [0.25, 0.3) is 0 Å². The predicted molar refractivity (Wildman–Crippen MR) is 117 cm³/mol. The summed E-state index contributed by atoms with van der Waals surface area (Å²) in [5.74, 6) is 0. The molecule has 0 saturated heterocycles. The molecule has 0 unspecified atom stereocenters. The van der Waals surface area contributed by atoms with Crippen LogP contribution in [0.25, 0.3) is 0 Å². The molecule has 0 N–H and O–H groups in total. The SMILES string of the molecule is CC[C@H](c1ccccc1[Se][Se]c1ccccc1[C@@H](CC)N(C)C)N(C)C. The van der Waals surface area contributed by atoms with E-state index in [2.05, 4.69) is 100 Å². The van der Waals surface area contributed by atoms with E-state index in [9.17, 15) is 0 Å². The van der Waals surface area contributed by atoms with Crippen LogP contribution in [0.1, 0.15) is 49.9 Å². The third-order valence-electron chi connectivity index (χ3n) is 4.80. The summed E-state index contributed by atoms with van der Waals surface area (Å²) in [5, 5.41) is 0. The van der Waals surface area contributed by atoms with Gasteiger partial charge >= 0.3 is 172 Å². The van der Waals surface area contributed by atoms with Gasteiger partial charge in [-0.05, 0) is 0 Å². The van der Waals surface area contributed by atoms with Crippen LogP contribution < -0.4 is 8.92 Å². The van der Waals surface area contributed by atoms with Crippen LogP contribution in [0.3, 0.4) is 0 Å². The van der Waals surface area contributed by atoms with Gasteiger partial charge in [-0.15, -0.1) is 0 Å². The molecule has 142 valence electrons. The Labute approximate surface area is 171 Å². The molecule has 0 aliphatic rings. The summed E-state index contributed by atoms with van der Waals surface area (Å²) in [6.45, 7) is 4.58. The summed E-state index contributed by atoms with van der Waals surface area (Å²) >= 11 is 1.02. The fourth-order valence-electron chi connectivity index (χ4n) is 3.48. The third kappa shape index (κ3) is 5.45. The first-order chi connectivity index (χ1) is 12.5. The van der Waals surface area contributed by atoms with E-state index in [-0.39, 0.29) is 0 Å². The summed E-state index contributed by atoms with van der Waals surface area (Å²) < 4.78 is 3.15. The van der Waals surface area contributed by atoms with Gasteiger partial charge in [0.2, 0.25) is 0 Å². The molecule has 0 saturated carbocycles. The maximum absolute atomic E-state index is 2.36. The summed E-state index contributed by atoms with van der Waals surface area (Å²) in [6, 6.07) is 19.2. The minimum atomic E-state index is 0.508. The zero-order chi connectivity index (χ0) is 19.1. The molecule has 2 atom stereocenters. The van der Waals surface area contributed by atoms with Crippen LogP contribution in [-0.4, -0.2) is 64.3 Å². The normalized spacial score (nSPS) is 14.0. The Morgan fingerprint density at radius 3 is 1.31 bits per heavy atom. The van der Waals surface area contributed by atoms with Crippen LogP contribution >= 0.6 is 0 Å². The molecule has 26 heavy (non-hydrogen) atoms. The van der Waals surface area contributed by atoms with Crippen LogP contribution in [0.5, 0.6) is 0 Å². The van der Waals surface area contributed by atoms with E-state index < -0.39 is 0 Å². The molecule has 2 nitrogen and oxygen atoms in total. The van der Waals surface area contributed by atoms with Gasteiger partial charge in [-0.2, -0.15) is 0 Å². The average molecular weight is 482 g/mol. The maximum atomic E-state index is 2.36. The van der Waals surface area contributed by atoms with E-state index >= 15 is 0 Å². The van der Waals surface area contributed by atoms with E-state index in [1.165, 1.54) is 11.1 Å². The van der Waals surface area contributed by atoms with Crippen molar-refractivity contribution < 1.29 is 0 Å². The molecule has 0 radical (unpaired) electrons. The van der Waals surface area contributed by atoms with Crippen LogP contribution in [0, 0.1) is 0 Å². The van der Waals surface area contributed by atoms with Crippen molar-refractivity contribution in [2.75, 3.05) is 28.2 Å². The molecule has 0 aliphatic heterocycles. The van der Waals surface area contributed by atoms with Gasteiger partial charge < -0.3 is 0 Å². The molecule has 0 spiro atoms. The molecular formula is C22H32N2Se2. The number of benzene rings is 2. The van der Waals surface area contributed by atoms with Crippen LogP contribution in [0.15, 0.2) is 48.5 Å². The number of nitrogens with zero attached hydrogens (tertiary/aromatic N) is 2. The van der Waals surface area contributed by atoms with Crippen molar-refractivity contribution in [1.82, 2.24) is 9.80 Å². The molecule has 0 fully saturated rings.